The summed E-state index contributed by atoms with van der Waals surface area (Å²) in [6.07, 6.45) is 1.44. The highest BCUT2D eigenvalue weighted by Gasteiger charge is 2.36. The van der Waals surface area contributed by atoms with Crippen molar-refractivity contribution in [2.45, 2.75) is 13.2 Å². The van der Waals surface area contributed by atoms with E-state index < -0.39 is 17.8 Å². The second kappa shape index (κ2) is 12.2. The van der Waals surface area contributed by atoms with Gasteiger partial charge in [0, 0.05) is 9.50 Å². The van der Waals surface area contributed by atoms with Gasteiger partial charge >= 0.3 is 6.03 Å². The van der Waals surface area contributed by atoms with Crippen LogP contribution in [0.3, 0.4) is 0 Å². The number of nitrogens with zero attached hydrogens (tertiary/aromatic N) is 1. The molecule has 1 aliphatic rings. The number of amides is 4. The second-order valence-electron chi connectivity index (χ2n) is 8.85. The van der Waals surface area contributed by atoms with Gasteiger partial charge in [-0.25, -0.2) is 9.69 Å². The first kappa shape index (κ1) is 27.2. The molecule has 0 bridgehead atoms. The van der Waals surface area contributed by atoms with Gasteiger partial charge in [0.05, 0.1) is 5.69 Å². The normalized spacial score (nSPS) is 14.3. The lowest BCUT2D eigenvalue weighted by Gasteiger charge is -2.26. The van der Waals surface area contributed by atoms with Crippen LogP contribution >= 0.6 is 27.5 Å². The molecule has 1 saturated heterocycles. The maximum absolute atomic E-state index is 13.2. The average molecular weight is 618 g/mol. The molecule has 4 aromatic rings. The summed E-state index contributed by atoms with van der Waals surface area (Å²) < 4.78 is 12.6. The van der Waals surface area contributed by atoms with E-state index in [0.717, 1.165) is 20.5 Å². The molecule has 0 saturated carbocycles. The van der Waals surface area contributed by atoms with Crippen molar-refractivity contribution in [3.63, 3.8) is 0 Å². The van der Waals surface area contributed by atoms with E-state index in [0.29, 0.717) is 41.0 Å². The van der Waals surface area contributed by atoms with Crippen molar-refractivity contribution in [2.24, 2.45) is 0 Å². The molecule has 4 amide bonds. The third kappa shape index (κ3) is 6.59. The molecule has 1 N–H and O–H groups in total. The number of anilines is 1. The molecule has 1 fully saturated rings. The molecule has 0 aromatic heterocycles. The van der Waals surface area contributed by atoms with E-state index in [1.807, 2.05) is 42.5 Å². The van der Waals surface area contributed by atoms with Crippen LogP contribution in [0, 0.1) is 0 Å². The zero-order valence-electron chi connectivity index (χ0n) is 21.0. The zero-order valence-corrected chi connectivity index (χ0v) is 23.3. The Morgan fingerprint density at radius 2 is 1.40 bits per heavy atom. The fraction of sp³-hybridized carbons (Fsp3) is 0.0645. The SMILES string of the molecule is O=C1NC(=O)N(c2ccc(OCc3ccc(Br)cc3)cc2)C(=O)/C1=C/c1ccc(OCc2cccc(Cl)c2)cc1. The zero-order chi connectivity index (χ0) is 28.1. The number of ether oxygens (including phenoxy) is 2. The number of carbonyl (C=O) groups is 3. The van der Waals surface area contributed by atoms with E-state index in [2.05, 4.69) is 21.2 Å². The molecule has 0 aliphatic carbocycles. The topological polar surface area (TPSA) is 84.9 Å². The number of halogens is 2. The van der Waals surface area contributed by atoms with E-state index >= 15 is 0 Å². The molecule has 40 heavy (non-hydrogen) atoms. The monoisotopic (exact) mass is 616 g/mol. The number of hydrogen-bond donors (Lipinski definition) is 1. The van der Waals surface area contributed by atoms with Crippen molar-refractivity contribution in [3.8, 4) is 11.5 Å². The maximum atomic E-state index is 13.2. The smallest absolute Gasteiger partial charge is 0.335 e. The fourth-order valence-electron chi connectivity index (χ4n) is 3.95. The Morgan fingerprint density at radius 3 is 2.05 bits per heavy atom. The van der Waals surface area contributed by atoms with Crippen molar-refractivity contribution in [1.29, 1.82) is 0 Å². The number of rotatable bonds is 8. The second-order valence-corrected chi connectivity index (χ2v) is 10.2. The highest BCUT2D eigenvalue weighted by Crippen LogP contribution is 2.25. The molecule has 4 aromatic carbocycles. The summed E-state index contributed by atoms with van der Waals surface area (Å²) in [5.41, 5.74) is 2.66. The van der Waals surface area contributed by atoms with Crippen molar-refractivity contribution in [1.82, 2.24) is 5.32 Å². The van der Waals surface area contributed by atoms with Gasteiger partial charge in [-0.05, 0) is 83.4 Å². The summed E-state index contributed by atoms with van der Waals surface area (Å²) in [7, 11) is 0. The van der Waals surface area contributed by atoms with Crippen LogP contribution in [0.15, 0.2) is 107 Å². The minimum atomic E-state index is -0.819. The molecular formula is C31H22BrClN2O5. The van der Waals surface area contributed by atoms with Gasteiger partial charge in [0.25, 0.3) is 11.8 Å². The lowest BCUT2D eigenvalue weighted by molar-refractivity contribution is -0.122. The van der Waals surface area contributed by atoms with E-state index in [1.54, 1.807) is 54.6 Å². The first-order valence-corrected chi connectivity index (χ1v) is 13.4. The minimum absolute atomic E-state index is 0.164. The van der Waals surface area contributed by atoms with Crippen molar-refractivity contribution < 1.29 is 23.9 Å². The summed E-state index contributed by atoms with van der Waals surface area (Å²) >= 11 is 9.41. The largest absolute Gasteiger partial charge is 0.489 e. The van der Waals surface area contributed by atoms with Gasteiger partial charge in [-0.2, -0.15) is 0 Å². The van der Waals surface area contributed by atoms with Crippen LogP contribution in [0.5, 0.6) is 11.5 Å². The van der Waals surface area contributed by atoms with Gasteiger partial charge < -0.3 is 9.47 Å². The van der Waals surface area contributed by atoms with Crippen LogP contribution in [0.25, 0.3) is 6.08 Å². The highest BCUT2D eigenvalue weighted by atomic mass is 79.9. The lowest BCUT2D eigenvalue weighted by Crippen LogP contribution is -2.54. The minimum Gasteiger partial charge on any atom is -0.489 e. The summed E-state index contributed by atoms with van der Waals surface area (Å²) in [5, 5.41) is 2.87. The van der Waals surface area contributed by atoms with Gasteiger partial charge in [-0.15, -0.1) is 0 Å². The summed E-state index contributed by atoms with van der Waals surface area (Å²) in [6, 6.07) is 27.7. The quantitative estimate of drug-likeness (QED) is 0.171. The van der Waals surface area contributed by atoms with Crippen LogP contribution < -0.4 is 19.7 Å². The summed E-state index contributed by atoms with van der Waals surface area (Å²) in [6.45, 7) is 0.703. The Bertz CT molecular complexity index is 1590. The molecule has 9 heteroatoms. The first-order valence-electron chi connectivity index (χ1n) is 12.2. The van der Waals surface area contributed by atoms with Crippen LogP contribution in [0.2, 0.25) is 5.02 Å². The van der Waals surface area contributed by atoms with E-state index in [-0.39, 0.29) is 5.57 Å². The number of nitrogens with one attached hydrogen (secondary N) is 1. The van der Waals surface area contributed by atoms with Crippen LogP contribution in [-0.2, 0) is 22.8 Å². The first-order chi connectivity index (χ1) is 19.4. The Labute approximate surface area is 244 Å². The molecule has 0 radical (unpaired) electrons. The van der Waals surface area contributed by atoms with E-state index in [4.69, 9.17) is 21.1 Å². The summed E-state index contributed by atoms with van der Waals surface area (Å²) in [4.78, 5) is 39.3. The Balaban J connectivity index is 1.26. The van der Waals surface area contributed by atoms with Gasteiger partial charge in [0.15, 0.2) is 0 Å². The predicted octanol–water partition coefficient (Wildman–Crippen LogP) is 6.93. The highest BCUT2D eigenvalue weighted by molar-refractivity contribution is 9.10. The molecular weight excluding hydrogens is 596 g/mol. The fourth-order valence-corrected chi connectivity index (χ4v) is 4.43. The molecule has 7 nitrogen and oxygen atoms in total. The predicted molar refractivity (Wildman–Crippen MR) is 156 cm³/mol. The molecule has 0 atom stereocenters. The van der Waals surface area contributed by atoms with Crippen LogP contribution in [0.4, 0.5) is 10.5 Å². The van der Waals surface area contributed by atoms with Gasteiger partial charge in [-0.1, -0.05) is 63.9 Å². The van der Waals surface area contributed by atoms with Crippen molar-refractivity contribution >= 4 is 57.1 Å². The number of imide groups is 2. The standard InChI is InChI=1S/C31H22BrClN2O5/c32-23-8-4-21(5-9-23)18-39-27-14-10-25(11-15-27)35-30(37)28(29(36)34-31(35)38)17-20-6-12-26(13-7-20)40-19-22-2-1-3-24(33)16-22/h1-17H,18-19H2,(H,34,36,38)/b28-17+. The lowest BCUT2D eigenvalue weighted by atomic mass is 10.1. The summed E-state index contributed by atoms with van der Waals surface area (Å²) in [5.74, 6) is -0.303. The third-order valence-corrected chi connectivity index (χ3v) is 6.76. The Hall–Kier alpha value is -4.40. The van der Waals surface area contributed by atoms with Crippen molar-refractivity contribution in [3.05, 3.63) is 129 Å². The van der Waals surface area contributed by atoms with E-state index in [9.17, 15) is 14.4 Å². The van der Waals surface area contributed by atoms with Crippen LogP contribution in [-0.4, -0.2) is 17.8 Å². The Kier molecular flexibility index (Phi) is 8.28. The molecule has 1 heterocycles. The number of carbonyl (C=O) groups excluding carboxylic acids is 3. The van der Waals surface area contributed by atoms with Gasteiger partial charge in [0.2, 0.25) is 0 Å². The number of urea groups is 1. The van der Waals surface area contributed by atoms with E-state index in [1.165, 1.54) is 6.08 Å². The van der Waals surface area contributed by atoms with Crippen molar-refractivity contribution in [2.75, 3.05) is 4.90 Å². The maximum Gasteiger partial charge on any atom is 0.335 e. The number of barbiturate groups is 1. The van der Waals surface area contributed by atoms with Crippen LogP contribution in [0.1, 0.15) is 16.7 Å². The van der Waals surface area contributed by atoms with Gasteiger partial charge in [0.1, 0.15) is 30.3 Å². The third-order valence-electron chi connectivity index (χ3n) is 6.00. The molecule has 1 aliphatic heterocycles. The number of benzene rings is 4. The molecule has 200 valence electrons. The average Bonchev–Trinajstić information content (AvgIpc) is 2.95. The number of hydrogen-bond acceptors (Lipinski definition) is 5. The van der Waals surface area contributed by atoms with Gasteiger partial charge in [-0.3, -0.25) is 14.9 Å². The Morgan fingerprint density at radius 1 is 0.775 bits per heavy atom. The molecule has 5 rings (SSSR count). The molecule has 0 spiro atoms. The molecule has 0 unspecified atom stereocenters.